The molecule has 0 unspecified atom stereocenters. The Morgan fingerprint density at radius 2 is 2.13 bits per heavy atom. The van der Waals surface area contributed by atoms with E-state index in [0.29, 0.717) is 18.2 Å². The van der Waals surface area contributed by atoms with Crippen LogP contribution in [-0.2, 0) is 0 Å². The maximum atomic E-state index is 13.6. The highest BCUT2D eigenvalue weighted by molar-refractivity contribution is 5.91. The number of hydrogen-bond donors (Lipinski definition) is 2. The monoisotopic (exact) mass is 413 g/mol. The van der Waals surface area contributed by atoms with Crippen LogP contribution < -0.4 is 10.6 Å². The van der Waals surface area contributed by atoms with Gasteiger partial charge < -0.3 is 15.7 Å². The van der Waals surface area contributed by atoms with Crippen LogP contribution in [-0.4, -0.2) is 38.8 Å². The number of imidazole rings is 1. The van der Waals surface area contributed by atoms with Gasteiger partial charge in [0.15, 0.2) is 5.65 Å². The van der Waals surface area contributed by atoms with Gasteiger partial charge in [0, 0.05) is 13.2 Å². The van der Waals surface area contributed by atoms with E-state index in [1.807, 2.05) is 12.1 Å². The van der Waals surface area contributed by atoms with Crippen molar-refractivity contribution in [2.75, 3.05) is 18.1 Å². The standard InChI is InChI=1S/C17H16FN5O.C5H12O/c18-12-4-1-3-11(9-12)13-5-2-8-22(13)16-7-6-15-20-10-14(17(19)24)23(15)21-16;1-5(2)3-4-6/h1,3-4,6-7,9-10,13H,2,5,8H2,(H2,19,24);5-6H,3-4H2,1-2H3/t13-;/m1./s1. The van der Waals surface area contributed by atoms with Crippen molar-refractivity contribution in [2.45, 2.75) is 39.2 Å². The van der Waals surface area contributed by atoms with Crippen molar-refractivity contribution < 1.29 is 14.3 Å². The number of nitrogens with two attached hydrogens (primary N) is 1. The Bertz CT molecular complexity index is 1000. The van der Waals surface area contributed by atoms with Crippen molar-refractivity contribution in [1.82, 2.24) is 14.6 Å². The van der Waals surface area contributed by atoms with E-state index in [-0.39, 0.29) is 17.6 Å². The third kappa shape index (κ3) is 4.94. The van der Waals surface area contributed by atoms with E-state index in [0.717, 1.165) is 37.2 Å². The van der Waals surface area contributed by atoms with E-state index in [9.17, 15) is 9.18 Å². The Morgan fingerprint density at radius 3 is 2.77 bits per heavy atom. The molecule has 2 aromatic heterocycles. The molecule has 1 aliphatic heterocycles. The summed E-state index contributed by atoms with van der Waals surface area (Å²) >= 11 is 0. The van der Waals surface area contributed by atoms with E-state index in [1.165, 1.54) is 16.8 Å². The molecule has 0 bridgehead atoms. The second-order valence-corrected chi connectivity index (χ2v) is 7.78. The van der Waals surface area contributed by atoms with Gasteiger partial charge in [-0.2, -0.15) is 0 Å². The second-order valence-electron chi connectivity index (χ2n) is 7.78. The minimum Gasteiger partial charge on any atom is -0.396 e. The molecule has 7 nitrogen and oxygen atoms in total. The van der Waals surface area contributed by atoms with E-state index in [1.54, 1.807) is 18.2 Å². The smallest absolute Gasteiger partial charge is 0.269 e. The summed E-state index contributed by atoms with van der Waals surface area (Å²) in [6.07, 6.45) is 4.27. The largest absolute Gasteiger partial charge is 0.396 e. The molecule has 30 heavy (non-hydrogen) atoms. The zero-order chi connectivity index (χ0) is 21.7. The van der Waals surface area contributed by atoms with Crippen molar-refractivity contribution in [3.63, 3.8) is 0 Å². The molecule has 1 saturated heterocycles. The molecule has 0 radical (unpaired) electrons. The minimum absolute atomic E-state index is 0.0613. The van der Waals surface area contributed by atoms with Gasteiger partial charge in [-0.1, -0.05) is 26.0 Å². The summed E-state index contributed by atoms with van der Waals surface area (Å²) in [7, 11) is 0. The van der Waals surface area contributed by atoms with Crippen LogP contribution >= 0.6 is 0 Å². The molecule has 1 amide bonds. The molecule has 0 saturated carbocycles. The molecular weight excluding hydrogens is 385 g/mol. The Labute approximate surface area is 175 Å². The van der Waals surface area contributed by atoms with Crippen molar-refractivity contribution in [1.29, 1.82) is 0 Å². The third-order valence-corrected chi connectivity index (χ3v) is 5.09. The average molecular weight is 413 g/mol. The van der Waals surface area contributed by atoms with Gasteiger partial charge in [-0.25, -0.2) is 13.9 Å². The first-order valence-corrected chi connectivity index (χ1v) is 10.2. The van der Waals surface area contributed by atoms with E-state index >= 15 is 0 Å². The summed E-state index contributed by atoms with van der Waals surface area (Å²) in [5.41, 5.74) is 7.10. The average Bonchev–Trinajstić information content (AvgIpc) is 3.35. The van der Waals surface area contributed by atoms with Crippen LogP contribution in [0.3, 0.4) is 0 Å². The van der Waals surface area contributed by atoms with E-state index < -0.39 is 5.91 Å². The number of carbonyl (C=O) groups is 1. The van der Waals surface area contributed by atoms with Gasteiger partial charge in [-0.3, -0.25) is 4.79 Å². The number of rotatable bonds is 5. The molecule has 3 N–H and O–H groups in total. The quantitative estimate of drug-likeness (QED) is 0.669. The highest BCUT2D eigenvalue weighted by atomic mass is 19.1. The lowest BCUT2D eigenvalue weighted by Crippen LogP contribution is -2.25. The van der Waals surface area contributed by atoms with Gasteiger partial charge in [0.05, 0.1) is 12.2 Å². The maximum absolute atomic E-state index is 13.6. The predicted molar refractivity (Wildman–Crippen MR) is 114 cm³/mol. The van der Waals surface area contributed by atoms with Crippen LogP contribution in [0, 0.1) is 11.7 Å². The highest BCUT2D eigenvalue weighted by Crippen LogP contribution is 2.35. The minimum atomic E-state index is -0.574. The molecule has 1 fully saturated rings. The van der Waals surface area contributed by atoms with Crippen LogP contribution in [0.25, 0.3) is 5.65 Å². The zero-order valence-electron chi connectivity index (χ0n) is 17.3. The number of benzene rings is 1. The normalized spacial score (nSPS) is 16.0. The van der Waals surface area contributed by atoms with E-state index in [2.05, 4.69) is 28.8 Å². The predicted octanol–water partition coefficient (Wildman–Crippen LogP) is 3.33. The summed E-state index contributed by atoms with van der Waals surface area (Å²) in [6, 6.07) is 10.4. The number of carbonyl (C=O) groups excluding carboxylic acids is 1. The maximum Gasteiger partial charge on any atom is 0.269 e. The van der Waals surface area contributed by atoms with Crippen molar-refractivity contribution in [3.05, 3.63) is 59.7 Å². The first-order valence-electron chi connectivity index (χ1n) is 10.2. The number of amides is 1. The second kappa shape index (κ2) is 9.67. The number of aliphatic hydroxyl groups is 1. The summed E-state index contributed by atoms with van der Waals surface area (Å²) in [5, 5.41) is 12.8. The lowest BCUT2D eigenvalue weighted by atomic mass is 10.0. The highest BCUT2D eigenvalue weighted by Gasteiger charge is 2.28. The number of primary amides is 1. The Kier molecular flexibility index (Phi) is 6.99. The Hall–Kier alpha value is -3.00. The molecule has 160 valence electrons. The van der Waals surface area contributed by atoms with Gasteiger partial charge >= 0.3 is 0 Å². The summed E-state index contributed by atoms with van der Waals surface area (Å²) in [5.74, 6) is 0.549. The van der Waals surface area contributed by atoms with Gasteiger partial charge in [-0.15, -0.1) is 5.10 Å². The third-order valence-electron chi connectivity index (χ3n) is 5.09. The number of hydrogen-bond acceptors (Lipinski definition) is 5. The number of halogens is 1. The topological polar surface area (TPSA) is 96.8 Å². The first-order chi connectivity index (χ1) is 14.4. The van der Waals surface area contributed by atoms with Crippen LogP contribution in [0.15, 0.2) is 42.6 Å². The SMILES string of the molecule is CC(C)CCO.NC(=O)c1cnc2ccc(N3CCC[C@@H]3c3cccc(F)c3)nn12. The van der Waals surface area contributed by atoms with Crippen molar-refractivity contribution in [2.24, 2.45) is 11.7 Å². The van der Waals surface area contributed by atoms with E-state index in [4.69, 9.17) is 10.8 Å². The molecular formula is C22H28FN5O2. The fraction of sp³-hybridized carbons (Fsp3) is 0.409. The molecule has 3 aromatic rings. The molecule has 1 aliphatic rings. The zero-order valence-corrected chi connectivity index (χ0v) is 17.3. The molecule has 1 atom stereocenters. The number of aliphatic hydroxyl groups excluding tert-OH is 1. The van der Waals surface area contributed by atoms with Gasteiger partial charge in [0.1, 0.15) is 17.3 Å². The lowest BCUT2D eigenvalue weighted by molar-refractivity contribution is 0.0993. The van der Waals surface area contributed by atoms with Crippen molar-refractivity contribution >= 4 is 17.4 Å². The van der Waals surface area contributed by atoms with Crippen LogP contribution in [0.2, 0.25) is 0 Å². The number of aromatic nitrogens is 3. The van der Waals surface area contributed by atoms with Crippen LogP contribution in [0.5, 0.6) is 0 Å². The Morgan fingerprint density at radius 1 is 1.33 bits per heavy atom. The molecule has 4 rings (SSSR count). The fourth-order valence-corrected chi connectivity index (χ4v) is 3.54. The fourth-order valence-electron chi connectivity index (χ4n) is 3.54. The number of fused-ring (bicyclic) bond motifs is 1. The van der Waals surface area contributed by atoms with Crippen molar-refractivity contribution in [3.8, 4) is 0 Å². The summed E-state index contributed by atoms with van der Waals surface area (Å²) in [6.45, 7) is 5.34. The van der Waals surface area contributed by atoms with Gasteiger partial charge in [0.25, 0.3) is 5.91 Å². The van der Waals surface area contributed by atoms with Gasteiger partial charge in [0.2, 0.25) is 0 Å². The summed E-state index contributed by atoms with van der Waals surface area (Å²) < 4.78 is 15.0. The van der Waals surface area contributed by atoms with Crippen LogP contribution in [0.4, 0.5) is 10.2 Å². The summed E-state index contributed by atoms with van der Waals surface area (Å²) in [4.78, 5) is 17.7. The lowest BCUT2D eigenvalue weighted by Gasteiger charge is -2.26. The molecule has 8 heteroatoms. The number of anilines is 1. The number of nitrogens with zero attached hydrogens (tertiary/aromatic N) is 4. The molecule has 0 aliphatic carbocycles. The Balaban J connectivity index is 0.000000377. The molecule has 0 spiro atoms. The molecule has 3 heterocycles. The molecule has 1 aromatic carbocycles. The first kappa shape index (κ1) is 21.7. The van der Waals surface area contributed by atoms with Crippen LogP contribution in [0.1, 0.15) is 55.2 Å². The van der Waals surface area contributed by atoms with Gasteiger partial charge in [-0.05, 0) is 55.0 Å².